The number of fused-ring (bicyclic) bond motifs is 1. The predicted molar refractivity (Wildman–Crippen MR) is 99.0 cm³/mol. The molecule has 0 saturated heterocycles. The molecule has 0 atom stereocenters. The highest BCUT2D eigenvalue weighted by molar-refractivity contribution is 9.10. The Balaban J connectivity index is 1.53. The van der Waals surface area contributed by atoms with E-state index in [2.05, 4.69) is 26.0 Å². The summed E-state index contributed by atoms with van der Waals surface area (Å²) in [6.45, 7) is -2.87. The molecular formula is C19H15BrF2N2O4. The maximum Gasteiger partial charge on any atom is 0.387 e. The summed E-state index contributed by atoms with van der Waals surface area (Å²) >= 11 is 3.26. The first-order chi connectivity index (χ1) is 13.3. The monoisotopic (exact) mass is 452 g/mol. The van der Waals surface area contributed by atoms with Gasteiger partial charge in [0.15, 0.2) is 0 Å². The highest BCUT2D eigenvalue weighted by Gasteiger charge is 2.35. The second-order valence-corrected chi connectivity index (χ2v) is 6.92. The third-order valence-corrected chi connectivity index (χ3v) is 4.60. The summed E-state index contributed by atoms with van der Waals surface area (Å²) in [5.74, 6) is -1.25. The summed E-state index contributed by atoms with van der Waals surface area (Å²) in [4.78, 5) is 37.8. The van der Waals surface area contributed by atoms with Gasteiger partial charge < -0.3 is 10.1 Å². The zero-order chi connectivity index (χ0) is 20.3. The van der Waals surface area contributed by atoms with Gasteiger partial charge in [-0.15, -0.1) is 0 Å². The molecule has 0 aliphatic carbocycles. The number of amides is 3. The van der Waals surface area contributed by atoms with E-state index in [4.69, 9.17) is 0 Å². The molecule has 146 valence electrons. The first-order valence-electron chi connectivity index (χ1n) is 8.31. The summed E-state index contributed by atoms with van der Waals surface area (Å²) in [5.41, 5.74) is 1.19. The molecule has 3 rings (SSSR count). The quantitative estimate of drug-likeness (QED) is 0.653. The second-order valence-electron chi connectivity index (χ2n) is 6.00. The predicted octanol–water partition coefficient (Wildman–Crippen LogP) is 3.35. The molecule has 1 aliphatic rings. The third kappa shape index (κ3) is 4.53. The van der Waals surface area contributed by atoms with Gasteiger partial charge in [-0.3, -0.25) is 19.3 Å². The number of carbonyl (C=O) groups excluding carboxylic acids is 3. The minimum atomic E-state index is -2.93. The number of imide groups is 1. The lowest BCUT2D eigenvalue weighted by atomic mass is 10.1. The van der Waals surface area contributed by atoms with Crippen molar-refractivity contribution in [3.05, 3.63) is 63.6 Å². The van der Waals surface area contributed by atoms with Crippen molar-refractivity contribution >= 4 is 33.7 Å². The summed E-state index contributed by atoms with van der Waals surface area (Å²) in [7, 11) is 0. The first-order valence-corrected chi connectivity index (χ1v) is 9.10. The average Bonchev–Trinajstić information content (AvgIpc) is 2.88. The Bertz CT molecular complexity index is 936. The number of carbonyl (C=O) groups is 3. The van der Waals surface area contributed by atoms with E-state index in [0.29, 0.717) is 21.2 Å². The largest absolute Gasteiger partial charge is 0.435 e. The number of ether oxygens (including phenoxy) is 1. The van der Waals surface area contributed by atoms with Crippen LogP contribution >= 0.6 is 15.9 Å². The summed E-state index contributed by atoms with van der Waals surface area (Å²) in [5, 5.41) is 2.62. The number of nitrogens with zero attached hydrogens (tertiary/aromatic N) is 1. The van der Waals surface area contributed by atoms with E-state index in [1.165, 1.54) is 18.2 Å². The van der Waals surface area contributed by atoms with Crippen LogP contribution in [0.2, 0.25) is 0 Å². The molecule has 1 heterocycles. The van der Waals surface area contributed by atoms with Crippen molar-refractivity contribution in [2.24, 2.45) is 0 Å². The topological polar surface area (TPSA) is 75.7 Å². The zero-order valence-corrected chi connectivity index (χ0v) is 16.0. The average molecular weight is 453 g/mol. The summed E-state index contributed by atoms with van der Waals surface area (Å²) in [6, 6.07) is 10.8. The van der Waals surface area contributed by atoms with Crippen molar-refractivity contribution in [3.8, 4) is 5.75 Å². The number of halogens is 3. The van der Waals surface area contributed by atoms with Crippen LogP contribution < -0.4 is 10.1 Å². The van der Waals surface area contributed by atoms with Crippen molar-refractivity contribution in [2.75, 3.05) is 6.54 Å². The van der Waals surface area contributed by atoms with Gasteiger partial charge in [0, 0.05) is 24.0 Å². The van der Waals surface area contributed by atoms with Crippen molar-refractivity contribution in [1.29, 1.82) is 0 Å². The molecule has 0 unspecified atom stereocenters. The first kappa shape index (κ1) is 19.9. The fourth-order valence-corrected chi connectivity index (χ4v) is 3.16. The van der Waals surface area contributed by atoms with Gasteiger partial charge in [0.25, 0.3) is 11.8 Å². The third-order valence-electron chi connectivity index (χ3n) is 4.11. The lowest BCUT2D eigenvalue weighted by Crippen LogP contribution is -2.34. The number of hydrogen-bond acceptors (Lipinski definition) is 4. The SMILES string of the molecule is O=C(CCN1C(=O)c2ccc(Br)cc2C1=O)NCc1cccc(OC(F)F)c1. The minimum Gasteiger partial charge on any atom is -0.435 e. The Kier molecular flexibility index (Phi) is 6.03. The Morgan fingerprint density at radius 2 is 1.86 bits per heavy atom. The van der Waals surface area contributed by atoms with E-state index in [9.17, 15) is 23.2 Å². The highest BCUT2D eigenvalue weighted by atomic mass is 79.9. The van der Waals surface area contributed by atoms with Gasteiger partial charge in [-0.1, -0.05) is 28.1 Å². The van der Waals surface area contributed by atoms with Crippen LogP contribution in [-0.4, -0.2) is 35.8 Å². The number of rotatable bonds is 7. The van der Waals surface area contributed by atoms with Crippen molar-refractivity contribution in [3.63, 3.8) is 0 Å². The van der Waals surface area contributed by atoms with Crippen LogP contribution in [0, 0.1) is 0 Å². The Hall–Kier alpha value is -2.81. The molecule has 28 heavy (non-hydrogen) atoms. The van der Waals surface area contributed by atoms with Crippen LogP contribution in [-0.2, 0) is 11.3 Å². The Labute approximate surface area is 167 Å². The number of alkyl halides is 2. The molecule has 0 spiro atoms. The minimum absolute atomic E-state index is 0.000987. The molecule has 0 radical (unpaired) electrons. The molecule has 0 fully saturated rings. The summed E-state index contributed by atoms with van der Waals surface area (Å²) < 4.78 is 29.5. The van der Waals surface area contributed by atoms with Gasteiger partial charge in [0.1, 0.15) is 5.75 Å². The molecule has 3 amide bonds. The van der Waals surface area contributed by atoms with Gasteiger partial charge in [-0.05, 0) is 35.9 Å². The van der Waals surface area contributed by atoms with Crippen LogP contribution in [0.4, 0.5) is 8.78 Å². The van der Waals surface area contributed by atoms with Crippen LogP contribution in [0.15, 0.2) is 46.9 Å². The Morgan fingerprint density at radius 1 is 1.11 bits per heavy atom. The van der Waals surface area contributed by atoms with E-state index in [1.807, 2.05) is 0 Å². The van der Waals surface area contributed by atoms with Gasteiger partial charge >= 0.3 is 6.61 Å². The summed E-state index contributed by atoms with van der Waals surface area (Å²) in [6.07, 6.45) is -0.0696. The lowest BCUT2D eigenvalue weighted by molar-refractivity contribution is -0.121. The molecule has 2 aromatic rings. The van der Waals surface area contributed by atoms with Gasteiger partial charge in [-0.25, -0.2) is 0 Å². The van der Waals surface area contributed by atoms with E-state index in [0.717, 1.165) is 4.90 Å². The van der Waals surface area contributed by atoms with E-state index in [-0.39, 0.29) is 31.2 Å². The van der Waals surface area contributed by atoms with E-state index in [1.54, 1.807) is 24.3 Å². The highest BCUT2D eigenvalue weighted by Crippen LogP contribution is 2.26. The van der Waals surface area contributed by atoms with E-state index >= 15 is 0 Å². The van der Waals surface area contributed by atoms with Crippen LogP contribution in [0.5, 0.6) is 5.75 Å². The normalized spacial score (nSPS) is 13.1. The molecule has 0 bridgehead atoms. The van der Waals surface area contributed by atoms with Gasteiger partial charge in [-0.2, -0.15) is 8.78 Å². The lowest BCUT2D eigenvalue weighted by Gasteiger charge is -2.13. The number of hydrogen-bond donors (Lipinski definition) is 1. The van der Waals surface area contributed by atoms with Crippen molar-refractivity contribution < 1.29 is 27.9 Å². The molecule has 1 N–H and O–H groups in total. The van der Waals surface area contributed by atoms with E-state index < -0.39 is 18.4 Å². The smallest absolute Gasteiger partial charge is 0.387 e. The van der Waals surface area contributed by atoms with Crippen molar-refractivity contribution in [2.45, 2.75) is 19.6 Å². The Morgan fingerprint density at radius 3 is 2.61 bits per heavy atom. The number of benzene rings is 2. The van der Waals surface area contributed by atoms with Gasteiger partial charge in [0.2, 0.25) is 5.91 Å². The molecule has 0 saturated carbocycles. The van der Waals surface area contributed by atoms with Gasteiger partial charge in [0.05, 0.1) is 11.1 Å². The second kappa shape index (κ2) is 8.47. The zero-order valence-electron chi connectivity index (χ0n) is 14.5. The molecule has 9 heteroatoms. The fraction of sp³-hybridized carbons (Fsp3) is 0.211. The fourth-order valence-electron chi connectivity index (χ4n) is 2.80. The molecular weight excluding hydrogens is 438 g/mol. The maximum absolute atomic E-state index is 12.4. The van der Waals surface area contributed by atoms with Crippen LogP contribution in [0.1, 0.15) is 32.7 Å². The molecule has 0 aromatic heterocycles. The molecule has 1 aliphatic heterocycles. The van der Waals surface area contributed by atoms with Crippen LogP contribution in [0.3, 0.4) is 0 Å². The standard InChI is InChI=1S/C19H15BrF2N2O4/c20-12-4-5-14-15(9-12)18(27)24(17(14)26)7-6-16(25)23-10-11-2-1-3-13(8-11)28-19(21)22/h1-5,8-9,19H,6-7,10H2,(H,23,25). The molecule has 2 aromatic carbocycles. The van der Waals surface area contributed by atoms with Crippen molar-refractivity contribution in [1.82, 2.24) is 10.2 Å². The number of nitrogens with one attached hydrogen (secondary N) is 1. The van der Waals surface area contributed by atoms with Crippen LogP contribution in [0.25, 0.3) is 0 Å². The maximum atomic E-state index is 12.4. The molecule has 6 nitrogen and oxygen atoms in total.